The van der Waals surface area contributed by atoms with Gasteiger partial charge in [-0.05, 0) is 42.5 Å². The van der Waals surface area contributed by atoms with Gasteiger partial charge in [0.25, 0.3) is 5.91 Å². The number of anilines is 3. The highest BCUT2D eigenvalue weighted by molar-refractivity contribution is 6.35. The highest BCUT2D eigenvalue weighted by atomic mass is 35.5. The van der Waals surface area contributed by atoms with Crippen molar-refractivity contribution in [3.05, 3.63) is 82.0 Å². The molecule has 1 amide bonds. The normalized spacial score (nSPS) is 10.0. The van der Waals surface area contributed by atoms with Crippen LogP contribution >= 0.6 is 23.2 Å². The Morgan fingerprint density at radius 2 is 1.85 bits per heavy atom. The lowest BCUT2D eigenvalue weighted by Crippen LogP contribution is -2.13. The second kappa shape index (κ2) is 7.87. The minimum absolute atomic E-state index is 0.354. The first kappa shape index (κ1) is 17.7. The molecule has 1 heterocycles. The Hall–Kier alpha value is -3.07. The smallest absolute Gasteiger partial charge is 0.257 e. The molecule has 0 aliphatic carbocycles. The number of nitrogens with zero attached hydrogens (tertiary/aromatic N) is 2. The predicted octanol–water partition coefficient (Wildman–Crippen LogP) is 5.26. The van der Waals surface area contributed by atoms with Gasteiger partial charge in [-0.1, -0.05) is 35.3 Å². The van der Waals surface area contributed by atoms with Gasteiger partial charge in [0, 0.05) is 11.2 Å². The van der Waals surface area contributed by atoms with Crippen molar-refractivity contribution < 1.29 is 4.79 Å². The van der Waals surface area contributed by atoms with Gasteiger partial charge in [0.1, 0.15) is 11.9 Å². The van der Waals surface area contributed by atoms with E-state index in [4.69, 9.17) is 28.5 Å². The number of benzene rings is 2. The molecule has 0 aliphatic rings. The van der Waals surface area contributed by atoms with Crippen molar-refractivity contribution in [2.24, 2.45) is 0 Å². The SMILES string of the molecule is N#Cc1ccccc1NC(=O)c1ccc(Nc2cc(Cl)ccc2Cl)nc1. The number of hydrogen-bond acceptors (Lipinski definition) is 4. The summed E-state index contributed by atoms with van der Waals surface area (Å²) in [6, 6.07) is 17.2. The van der Waals surface area contributed by atoms with E-state index in [9.17, 15) is 4.79 Å². The van der Waals surface area contributed by atoms with Gasteiger partial charge < -0.3 is 10.6 Å². The van der Waals surface area contributed by atoms with Crippen LogP contribution in [0.5, 0.6) is 0 Å². The maximum absolute atomic E-state index is 12.3. The third kappa shape index (κ3) is 4.12. The summed E-state index contributed by atoms with van der Waals surface area (Å²) in [7, 11) is 0. The molecule has 0 atom stereocenters. The molecule has 26 heavy (non-hydrogen) atoms. The second-order valence-electron chi connectivity index (χ2n) is 5.29. The van der Waals surface area contributed by atoms with Gasteiger partial charge in [-0.15, -0.1) is 0 Å². The highest BCUT2D eigenvalue weighted by Gasteiger charge is 2.10. The maximum Gasteiger partial charge on any atom is 0.257 e. The van der Waals surface area contributed by atoms with Crippen LogP contribution in [0.1, 0.15) is 15.9 Å². The van der Waals surface area contributed by atoms with Crippen LogP contribution in [0.15, 0.2) is 60.8 Å². The molecule has 0 unspecified atom stereocenters. The monoisotopic (exact) mass is 382 g/mol. The summed E-state index contributed by atoms with van der Waals surface area (Å²) in [5.41, 5.74) is 1.82. The number of para-hydroxylation sites is 1. The lowest BCUT2D eigenvalue weighted by atomic mass is 10.2. The summed E-state index contributed by atoms with van der Waals surface area (Å²) < 4.78 is 0. The van der Waals surface area contributed by atoms with Crippen LogP contribution in [0.25, 0.3) is 0 Å². The number of pyridine rings is 1. The largest absolute Gasteiger partial charge is 0.339 e. The van der Waals surface area contributed by atoms with Crippen LogP contribution in [0.4, 0.5) is 17.2 Å². The van der Waals surface area contributed by atoms with Gasteiger partial charge in [0.2, 0.25) is 0 Å². The summed E-state index contributed by atoms with van der Waals surface area (Å²) in [5, 5.41) is 15.9. The van der Waals surface area contributed by atoms with E-state index in [-0.39, 0.29) is 5.91 Å². The molecule has 0 fully saturated rings. The van der Waals surface area contributed by atoms with Crippen molar-refractivity contribution in [3.8, 4) is 6.07 Å². The number of nitriles is 1. The Kier molecular flexibility index (Phi) is 5.37. The van der Waals surface area contributed by atoms with E-state index in [1.165, 1.54) is 6.20 Å². The molecule has 3 aromatic rings. The second-order valence-corrected chi connectivity index (χ2v) is 6.14. The van der Waals surface area contributed by atoms with Crippen molar-refractivity contribution >= 4 is 46.3 Å². The number of hydrogen-bond donors (Lipinski definition) is 2. The van der Waals surface area contributed by atoms with Crippen LogP contribution in [0.2, 0.25) is 10.0 Å². The molecule has 3 rings (SSSR count). The number of halogens is 2. The molecule has 2 aromatic carbocycles. The lowest BCUT2D eigenvalue weighted by Gasteiger charge is -2.09. The molecule has 5 nitrogen and oxygen atoms in total. The van der Waals surface area contributed by atoms with E-state index in [0.29, 0.717) is 38.4 Å². The maximum atomic E-state index is 12.3. The van der Waals surface area contributed by atoms with Gasteiger partial charge in [0.05, 0.1) is 27.5 Å². The average Bonchev–Trinajstić information content (AvgIpc) is 2.65. The van der Waals surface area contributed by atoms with Crippen molar-refractivity contribution in [2.45, 2.75) is 0 Å². The summed E-state index contributed by atoms with van der Waals surface area (Å²) in [6.45, 7) is 0. The van der Waals surface area contributed by atoms with Crippen molar-refractivity contribution in [2.75, 3.05) is 10.6 Å². The van der Waals surface area contributed by atoms with Crippen LogP contribution in [0.3, 0.4) is 0 Å². The zero-order valence-electron chi connectivity index (χ0n) is 13.3. The molecule has 0 aliphatic heterocycles. The fourth-order valence-electron chi connectivity index (χ4n) is 2.22. The Morgan fingerprint density at radius 3 is 2.58 bits per heavy atom. The average molecular weight is 383 g/mol. The van der Waals surface area contributed by atoms with Crippen molar-refractivity contribution in [1.82, 2.24) is 4.98 Å². The first-order chi connectivity index (χ1) is 12.6. The minimum atomic E-state index is -0.354. The Bertz CT molecular complexity index is 997. The number of carbonyl (C=O) groups is 1. The van der Waals surface area contributed by atoms with Crippen molar-refractivity contribution in [3.63, 3.8) is 0 Å². The van der Waals surface area contributed by atoms with E-state index in [1.807, 2.05) is 6.07 Å². The molecule has 0 radical (unpaired) electrons. The molecule has 2 N–H and O–H groups in total. The minimum Gasteiger partial charge on any atom is -0.339 e. The Labute approximate surface area is 160 Å². The van der Waals surface area contributed by atoms with Gasteiger partial charge >= 0.3 is 0 Å². The molecule has 0 bridgehead atoms. The van der Waals surface area contributed by atoms with Crippen LogP contribution in [0, 0.1) is 11.3 Å². The topological polar surface area (TPSA) is 77.8 Å². The Balaban J connectivity index is 1.74. The van der Waals surface area contributed by atoms with Gasteiger partial charge in [-0.25, -0.2) is 4.98 Å². The lowest BCUT2D eigenvalue weighted by molar-refractivity contribution is 0.102. The molecule has 0 spiro atoms. The van der Waals surface area contributed by atoms with E-state index < -0.39 is 0 Å². The van der Waals surface area contributed by atoms with Gasteiger partial charge in [-0.2, -0.15) is 5.26 Å². The fourth-order valence-corrected chi connectivity index (χ4v) is 2.55. The number of aromatic nitrogens is 1. The van der Waals surface area contributed by atoms with Crippen LogP contribution < -0.4 is 10.6 Å². The molecule has 0 saturated carbocycles. The molecular formula is C19H12Cl2N4O. The van der Waals surface area contributed by atoms with E-state index in [0.717, 1.165) is 0 Å². The summed E-state index contributed by atoms with van der Waals surface area (Å²) >= 11 is 12.1. The van der Waals surface area contributed by atoms with E-state index >= 15 is 0 Å². The first-order valence-electron chi connectivity index (χ1n) is 7.55. The summed E-state index contributed by atoms with van der Waals surface area (Å²) in [5.74, 6) is 0.163. The predicted molar refractivity (Wildman–Crippen MR) is 103 cm³/mol. The zero-order chi connectivity index (χ0) is 18.5. The standard InChI is InChI=1S/C19H12Cl2N4O/c20-14-6-7-15(21)17(9-14)24-18-8-5-13(11-23-18)19(26)25-16-4-2-1-3-12(16)10-22/h1-9,11H,(H,23,24)(H,25,26). The number of rotatable bonds is 4. The first-order valence-corrected chi connectivity index (χ1v) is 8.31. The molecule has 128 valence electrons. The number of amides is 1. The number of nitrogens with one attached hydrogen (secondary N) is 2. The van der Waals surface area contributed by atoms with E-state index in [2.05, 4.69) is 15.6 Å². The highest BCUT2D eigenvalue weighted by Crippen LogP contribution is 2.27. The van der Waals surface area contributed by atoms with Crippen LogP contribution in [-0.4, -0.2) is 10.9 Å². The van der Waals surface area contributed by atoms with E-state index in [1.54, 1.807) is 54.6 Å². The Morgan fingerprint density at radius 1 is 1.04 bits per heavy atom. The summed E-state index contributed by atoms with van der Waals surface area (Å²) in [4.78, 5) is 16.5. The van der Waals surface area contributed by atoms with Gasteiger partial charge in [0.15, 0.2) is 0 Å². The third-order valence-corrected chi connectivity index (χ3v) is 4.08. The number of carbonyl (C=O) groups excluding carboxylic acids is 1. The zero-order valence-corrected chi connectivity index (χ0v) is 14.8. The fraction of sp³-hybridized carbons (Fsp3) is 0. The van der Waals surface area contributed by atoms with Crippen molar-refractivity contribution in [1.29, 1.82) is 5.26 Å². The molecule has 7 heteroatoms. The molecular weight excluding hydrogens is 371 g/mol. The van der Waals surface area contributed by atoms with Gasteiger partial charge in [-0.3, -0.25) is 4.79 Å². The molecule has 0 saturated heterocycles. The quantitative estimate of drug-likeness (QED) is 0.645. The summed E-state index contributed by atoms with van der Waals surface area (Å²) in [6.07, 6.45) is 1.44. The van der Waals surface area contributed by atoms with Crippen LogP contribution in [-0.2, 0) is 0 Å². The third-order valence-electron chi connectivity index (χ3n) is 3.51. The molecule has 1 aromatic heterocycles.